The first kappa shape index (κ1) is 18.0. The van der Waals surface area contributed by atoms with Crippen LogP contribution in [0.2, 0.25) is 0 Å². The van der Waals surface area contributed by atoms with Gasteiger partial charge in [-0.25, -0.2) is 4.39 Å². The van der Waals surface area contributed by atoms with E-state index in [0.29, 0.717) is 16.5 Å². The highest BCUT2D eigenvalue weighted by Gasteiger charge is 2.12. The molecule has 0 aliphatic heterocycles. The third-order valence-electron chi connectivity index (χ3n) is 4.18. The van der Waals surface area contributed by atoms with Crippen LogP contribution in [0.4, 0.5) is 4.39 Å². The van der Waals surface area contributed by atoms with Gasteiger partial charge in [0.15, 0.2) is 4.77 Å². The van der Waals surface area contributed by atoms with E-state index in [1.807, 2.05) is 6.07 Å². The fraction of sp³-hybridized carbons (Fsp3) is 0.211. The Morgan fingerprint density at radius 1 is 1.27 bits per heavy atom. The Kier molecular flexibility index (Phi) is 5.27. The normalized spacial score (nSPS) is 12.1. The Balaban J connectivity index is 1.71. The second-order valence-corrected chi connectivity index (χ2v) is 6.41. The van der Waals surface area contributed by atoms with E-state index < -0.39 is 0 Å². The number of carbonyl (C=O) groups excluding carboxylic acids is 1. The molecule has 0 saturated carbocycles. The molecule has 1 aromatic heterocycles. The summed E-state index contributed by atoms with van der Waals surface area (Å²) in [5.74, 6) is -0.589. The number of halogens is 1. The summed E-state index contributed by atoms with van der Waals surface area (Å²) in [6, 6.07) is 12.8. The summed E-state index contributed by atoms with van der Waals surface area (Å²) in [4.78, 5) is 27.8. The van der Waals surface area contributed by atoms with Crippen molar-refractivity contribution in [1.29, 1.82) is 0 Å². The van der Waals surface area contributed by atoms with E-state index in [1.165, 1.54) is 16.7 Å². The highest BCUT2D eigenvalue weighted by Crippen LogP contribution is 2.13. The molecule has 2 aromatic carbocycles. The van der Waals surface area contributed by atoms with Gasteiger partial charge in [-0.05, 0) is 49.0 Å². The lowest BCUT2D eigenvalue weighted by Gasteiger charge is -2.15. The first-order chi connectivity index (χ1) is 12.5. The molecule has 3 aromatic rings. The zero-order valence-electron chi connectivity index (χ0n) is 14.2. The number of aromatic nitrogens is 2. The average molecular weight is 371 g/mol. The summed E-state index contributed by atoms with van der Waals surface area (Å²) in [5.41, 5.74) is 1.12. The minimum absolute atomic E-state index is 0.0926. The third-order valence-corrected chi connectivity index (χ3v) is 4.50. The number of fused-ring (bicyclic) bond motifs is 1. The maximum atomic E-state index is 13.3. The van der Waals surface area contributed by atoms with Crippen molar-refractivity contribution < 1.29 is 9.18 Å². The van der Waals surface area contributed by atoms with Gasteiger partial charge in [0.1, 0.15) is 5.82 Å². The number of H-pyrrole nitrogens is 1. The zero-order valence-corrected chi connectivity index (χ0v) is 15.0. The molecule has 5 nitrogen and oxygen atoms in total. The lowest BCUT2D eigenvalue weighted by atomic mass is 10.1. The molecule has 26 heavy (non-hydrogen) atoms. The zero-order chi connectivity index (χ0) is 18.7. The maximum Gasteiger partial charge on any atom is 0.262 e. The summed E-state index contributed by atoms with van der Waals surface area (Å²) >= 11 is 5.23. The minimum Gasteiger partial charge on any atom is -0.350 e. The summed E-state index contributed by atoms with van der Waals surface area (Å²) in [6.07, 6.45) is 0.0926. The van der Waals surface area contributed by atoms with Crippen LogP contribution in [0, 0.1) is 10.6 Å². The molecule has 0 saturated heterocycles. The summed E-state index contributed by atoms with van der Waals surface area (Å²) in [7, 11) is 0. The highest BCUT2D eigenvalue weighted by molar-refractivity contribution is 7.71. The summed E-state index contributed by atoms with van der Waals surface area (Å²) in [5, 5.41) is 3.33. The lowest BCUT2D eigenvalue weighted by molar-refractivity contribution is -0.122. The molecule has 0 radical (unpaired) electrons. The standard InChI is InChI=1S/C19H18FN3O2S/c1-12(13-5-4-6-14(20)11-13)21-17(24)9-10-23-18(25)15-7-2-3-8-16(15)22-19(23)26/h2-8,11-12H,9-10H2,1H3,(H,21,24)(H,22,26). The van der Waals surface area contributed by atoms with Crippen LogP contribution in [0.1, 0.15) is 24.9 Å². The van der Waals surface area contributed by atoms with Crippen molar-refractivity contribution in [3.8, 4) is 0 Å². The molecule has 7 heteroatoms. The van der Waals surface area contributed by atoms with Crippen molar-refractivity contribution >= 4 is 29.0 Å². The Hall–Kier alpha value is -2.80. The number of nitrogens with zero attached hydrogens (tertiary/aromatic N) is 1. The van der Waals surface area contributed by atoms with Crippen LogP contribution < -0.4 is 10.9 Å². The van der Waals surface area contributed by atoms with E-state index in [-0.39, 0.29) is 41.1 Å². The van der Waals surface area contributed by atoms with Crippen LogP contribution in [0.3, 0.4) is 0 Å². The summed E-state index contributed by atoms with van der Waals surface area (Å²) < 4.78 is 14.9. The molecule has 1 unspecified atom stereocenters. The van der Waals surface area contributed by atoms with E-state index in [9.17, 15) is 14.0 Å². The van der Waals surface area contributed by atoms with Crippen LogP contribution in [-0.2, 0) is 11.3 Å². The predicted octanol–water partition coefficient (Wildman–Crippen LogP) is 3.47. The number of rotatable bonds is 5. The molecule has 134 valence electrons. The van der Waals surface area contributed by atoms with Crippen molar-refractivity contribution in [3.05, 3.63) is 75.0 Å². The molecule has 0 aliphatic carbocycles. The maximum absolute atomic E-state index is 13.3. The van der Waals surface area contributed by atoms with E-state index in [0.717, 1.165) is 0 Å². The van der Waals surface area contributed by atoms with Gasteiger partial charge in [-0.15, -0.1) is 0 Å². The Bertz CT molecular complexity index is 1070. The largest absolute Gasteiger partial charge is 0.350 e. The fourth-order valence-electron chi connectivity index (χ4n) is 2.79. The average Bonchev–Trinajstić information content (AvgIpc) is 2.61. The molecular weight excluding hydrogens is 353 g/mol. The fourth-order valence-corrected chi connectivity index (χ4v) is 3.07. The minimum atomic E-state index is -0.349. The topological polar surface area (TPSA) is 66.9 Å². The van der Waals surface area contributed by atoms with Gasteiger partial charge in [-0.3, -0.25) is 14.2 Å². The monoisotopic (exact) mass is 371 g/mol. The molecular formula is C19H18FN3O2S. The van der Waals surface area contributed by atoms with Gasteiger partial charge < -0.3 is 10.3 Å². The van der Waals surface area contributed by atoms with Crippen molar-refractivity contribution in [2.75, 3.05) is 0 Å². The van der Waals surface area contributed by atoms with Gasteiger partial charge in [-0.1, -0.05) is 24.3 Å². The number of benzene rings is 2. The Morgan fingerprint density at radius 3 is 2.81 bits per heavy atom. The van der Waals surface area contributed by atoms with Crippen LogP contribution in [0.5, 0.6) is 0 Å². The van der Waals surface area contributed by atoms with Crippen molar-refractivity contribution in [1.82, 2.24) is 14.9 Å². The van der Waals surface area contributed by atoms with Gasteiger partial charge in [0, 0.05) is 13.0 Å². The number of nitrogens with one attached hydrogen (secondary N) is 2. The van der Waals surface area contributed by atoms with Gasteiger partial charge in [-0.2, -0.15) is 0 Å². The molecule has 0 fully saturated rings. The Labute approximate surface area is 154 Å². The predicted molar refractivity (Wildman–Crippen MR) is 101 cm³/mol. The van der Waals surface area contributed by atoms with Gasteiger partial charge in [0.2, 0.25) is 5.91 Å². The quantitative estimate of drug-likeness (QED) is 0.675. The van der Waals surface area contributed by atoms with E-state index in [4.69, 9.17) is 12.2 Å². The van der Waals surface area contributed by atoms with E-state index in [2.05, 4.69) is 10.3 Å². The number of aromatic amines is 1. The number of hydrogen-bond acceptors (Lipinski definition) is 3. The number of carbonyl (C=O) groups is 1. The molecule has 0 spiro atoms. The lowest BCUT2D eigenvalue weighted by Crippen LogP contribution is -2.30. The molecule has 0 aliphatic rings. The molecule has 1 atom stereocenters. The summed E-state index contributed by atoms with van der Waals surface area (Å²) in [6.45, 7) is 1.95. The SMILES string of the molecule is CC(NC(=O)CCn1c(=S)[nH]c2ccccc2c1=O)c1cccc(F)c1. The van der Waals surface area contributed by atoms with Crippen molar-refractivity contribution in [3.63, 3.8) is 0 Å². The number of hydrogen-bond donors (Lipinski definition) is 2. The third kappa shape index (κ3) is 3.88. The van der Waals surface area contributed by atoms with Crippen LogP contribution in [0.25, 0.3) is 10.9 Å². The molecule has 1 amide bonds. The number of amides is 1. The molecule has 3 rings (SSSR count). The smallest absolute Gasteiger partial charge is 0.262 e. The molecule has 0 bridgehead atoms. The van der Waals surface area contributed by atoms with Gasteiger partial charge >= 0.3 is 0 Å². The Morgan fingerprint density at radius 2 is 2.04 bits per heavy atom. The second kappa shape index (κ2) is 7.61. The molecule has 2 N–H and O–H groups in total. The van der Waals surface area contributed by atoms with Gasteiger partial charge in [0.05, 0.1) is 16.9 Å². The highest BCUT2D eigenvalue weighted by atomic mass is 32.1. The second-order valence-electron chi connectivity index (χ2n) is 6.03. The van der Waals surface area contributed by atoms with E-state index in [1.54, 1.807) is 37.3 Å². The van der Waals surface area contributed by atoms with Crippen LogP contribution in [0.15, 0.2) is 53.3 Å². The van der Waals surface area contributed by atoms with Crippen molar-refractivity contribution in [2.45, 2.75) is 25.9 Å². The van der Waals surface area contributed by atoms with E-state index >= 15 is 0 Å². The first-order valence-electron chi connectivity index (χ1n) is 8.22. The molecule has 1 heterocycles. The van der Waals surface area contributed by atoms with Gasteiger partial charge in [0.25, 0.3) is 5.56 Å². The number of para-hydroxylation sites is 1. The van der Waals surface area contributed by atoms with Crippen molar-refractivity contribution in [2.24, 2.45) is 0 Å². The first-order valence-corrected chi connectivity index (χ1v) is 8.63. The van der Waals surface area contributed by atoms with Crippen LogP contribution >= 0.6 is 12.2 Å². The van der Waals surface area contributed by atoms with Crippen LogP contribution in [-0.4, -0.2) is 15.5 Å².